The Morgan fingerprint density at radius 2 is 2.00 bits per heavy atom. The summed E-state index contributed by atoms with van der Waals surface area (Å²) in [5.41, 5.74) is 3.00. The molecule has 10 heteroatoms. The molecule has 1 N–H and O–H groups in total. The van der Waals surface area contributed by atoms with Crippen molar-refractivity contribution in [2.24, 2.45) is 0 Å². The molecule has 9 nitrogen and oxygen atoms in total. The molecule has 0 radical (unpaired) electrons. The summed E-state index contributed by atoms with van der Waals surface area (Å²) in [7, 11) is 1.63. The number of carbonyl (C=O) groups excluding carboxylic acids is 2. The first-order valence-corrected chi connectivity index (χ1v) is 12.6. The van der Waals surface area contributed by atoms with Crippen LogP contribution in [0.1, 0.15) is 51.9 Å². The molecule has 2 aromatic heterocycles. The Bertz CT molecular complexity index is 1200. The van der Waals surface area contributed by atoms with Gasteiger partial charge in [-0.2, -0.15) is 0 Å². The normalized spacial score (nSPS) is 15.4. The van der Waals surface area contributed by atoms with E-state index in [4.69, 9.17) is 14.2 Å². The fourth-order valence-electron chi connectivity index (χ4n) is 4.28. The van der Waals surface area contributed by atoms with E-state index in [1.165, 1.54) is 11.8 Å². The Labute approximate surface area is 208 Å². The summed E-state index contributed by atoms with van der Waals surface area (Å²) in [5.74, 6) is 1.10. The lowest BCUT2D eigenvalue weighted by Crippen LogP contribution is -2.17. The quantitative estimate of drug-likeness (QED) is 0.251. The molecule has 1 unspecified atom stereocenters. The smallest absolute Gasteiger partial charge is 0.355 e. The number of hydrogen-bond acceptors (Lipinski definition) is 8. The van der Waals surface area contributed by atoms with Gasteiger partial charge in [-0.15, -0.1) is 10.2 Å². The van der Waals surface area contributed by atoms with Crippen LogP contribution in [0.4, 0.5) is 0 Å². The van der Waals surface area contributed by atoms with Crippen LogP contribution in [-0.2, 0) is 16.0 Å². The molecule has 0 aliphatic carbocycles. The molecule has 0 amide bonds. The van der Waals surface area contributed by atoms with Crippen molar-refractivity contribution < 1.29 is 23.8 Å². The number of ether oxygens (including phenoxy) is 3. The standard InChI is InChI=1S/C25H30N4O5S/c1-5-33-24(31)22-15(2)21(16(3)26-22)20(30)14-35-25-28-27-23(17-8-10-18(32-4)11-9-17)29(25)13-19-7-6-12-34-19/h8-11,19,26H,5-7,12-14H2,1-4H3. The molecule has 3 heterocycles. The number of methoxy groups -OCH3 is 1. The van der Waals surface area contributed by atoms with Crippen LogP contribution in [0, 0.1) is 13.8 Å². The van der Waals surface area contributed by atoms with E-state index in [1.54, 1.807) is 27.9 Å². The van der Waals surface area contributed by atoms with Gasteiger partial charge in [0.25, 0.3) is 0 Å². The zero-order valence-electron chi connectivity index (χ0n) is 20.4. The zero-order chi connectivity index (χ0) is 24.9. The number of benzene rings is 1. The maximum atomic E-state index is 13.2. The number of carbonyl (C=O) groups is 2. The second-order valence-electron chi connectivity index (χ2n) is 8.34. The minimum Gasteiger partial charge on any atom is -0.497 e. The van der Waals surface area contributed by atoms with Gasteiger partial charge in [-0.05, 0) is 63.4 Å². The van der Waals surface area contributed by atoms with E-state index in [0.29, 0.717) is 34.2 Å². The van der Waals surface area contributed by atoms with Gasteiger partial charge in [-0.25, -0.2) is 4.79 Å². The van der Waals surface area contributed by atoms with Crippen molar-refractivity contribution in [3.63, 3.8) is 0 Å². The van der Waals surface area contributed by atoms with Crippen molar-refractivity contribution >= 4 is 23.5 Å². The number of ketones is 1. The fourth-order valence-corrected chi connectivity index (χ4v) is 5.10. The molecule has 3 aromatic rings. The first-order valence-electron chi connectivity index (χ1n) is 11.6. The van der Waals surface area contributed by atoms with Crippen molar-refractivity contribution in [3.05, 3.63) is 46.8 Å². The molecule has 1 fully saturated rings. The molecule has 1 aliphatic rings. The second kappa shape index (κ2) is 11.1. The Morgan fingerprint density at radius 3 is 2.66 bits per heavy atom. The van der Waals surface area contributed by atoms with Crippen LogP contribution >= 0.6 is 11.8 Å². The van der Waals surface area contributed by atoms with Gasteiger partial charge in [0.1, 0.15) is 11.4 Å². The van der Waals surface area contributed by atoms with Gasteiger partial charge in [0.2, 0.25) is 0 Å². The molecule has 4 rings (SSSR count). The summed E-state index contributed by atoms with van der Waals surface area (Å²) < 4.78 is 18.2. The van der Waals surface area contributed by atoms with Crippen molar-refractivity contribution in [3.8, 4) is 17.1 Å². The molecule has 1 aliphatic heterocycles. The van der Waals surface area contributed by atoms with E-state index < -0.39 is 5.97 Å². The summed E-state index contributed by atoms with van der Waals surface area (Å²) in [4.78, 5) is 28.4. The van der Waals surface area contributed by atoms with Gasteiger partial charge < -0.3 is 19.2 Å². The lowest BCUT2D eigenvalue weighted by Gasteiger charge is -2.15. The minimum atomic E-state index is -0.458. The fraction of sp³-hybridized carbons (Fsp3) is 0.440. The Kier molecular flexibility index (Phi) is 7.92. The summed E-state index contributed by atoms with van der Waals surface area (Å²) in [6.07, 6.45) is 2.08. The van der Waals surface area contributed by atoms with E-state index in [1.807, 2.05) is 28.8 Å². The van der Waals surface area contributed by atoms with Crippen molar-refractivity contribution in [1.82, 2.24) is 19.7 Å². The highest BCUT2D eigenvalue weighted by Crippen LogP contribution is 2.29. The highest BCUT2D eigenvalue weighted by molar-refractivity contribution is 7.99. The van der Waals surface area contributed by atoms with Gasteiger partial charge in [-0.3, -0.25) is 9.36 Å². The summed E-state index contributed by atoms with van der Waals surface area (Å²) in [5, 5.41) is 9.48. The average molecular weight is 499 g/mol. The first-order chi connectivity index (χ1) is 16.9. The van der Waals surface area contributed by atoms with E-state index in [2.05, 4.69) is 15.2 Å². The van der Waals surface area contributed by atoms with Crippen LogP contribution in [0.3, 0.4) is 0 Å². The van der Waals surface area contributed by atoms with Crippen LogP contribution in [0.15, 0.2) is 29.4 Å². The molecule has 1 atom stereocenters. The van der Waals surface area contributed by atoms with E-state index in [9.17, 15) is 9.59 Å². The van der Waals surface area contributed by atoms with Gasteiger partial charge in [0.05, 0.1) is 32.1 Å². The summed E-state index contributed by atoms with van der Waals surface area (Å²) in [6.45, 7) is 6.93. The summed E-state index contributed by atoms with van der Waals surface area (Å²) in [6, 6.07) is 7.65. The lowest BCUT2D eigenvalue weighted by molar-refractivity contribution is 0.0519. The predicted molar refractivity (Wildman–Crippen MR) is 132 cm³/mol. The number of Topliss-reactive ketones (excluding diaryl/α,β-unsaturated/α-hetero) is 1. The van der Waals surface area contributed by atoms with Gasteiger partial charge in [0.15, 0.2) is 16.8 Å². The molecule has 0 saturated carbocycles. The topological polar surface area (TPSA) is 108 Å². The van der Waals surface area contributed by atoms with Crippen LogP contribution in [-0.4, -0.2) is 63.7 Å². The van der Waals surface area contributed by atoms with Crippen molar-refractivity contribution in [2.75, 3.05) is 26.1 Å². The molecule has 1 aromatic carbocycles. The maximum absolute atomic E-state index is 13.2. The number of aryl methyl sites for hydroxylation is 1. The van der Waals surface area contributed by atoms with Crippen molar-refractivity contribution in [1.29, 1.82) is 0 Å². The van der Waals surface area contributed by atoms with Gasteiger partial charge >= 0.3 is 5.97 Å². The number of thioether (sulfide) groups is 1. The van der Waals surface area contributed by atoms with E-state index >= 15 is 0 Å². The molecule has 0 bridgehead atoms. The number of hydrogen-bond donors (Lipinski definition) is 1. The number of nitrogens with one attached hydrogen (secondary N) is 1. The number of esters is 1. The first kappa shape index (κ1) is 25.0. The molecule has 0 spiro atoms. The third-order valence-electron chi connectivity index (χ3n) is 6.00. The highest BCUT2D eigenvalue weighted by atomic mass is 32.2. The third kappa shape index (κ3) is 5.43. The predicted octanol–water partition coefficient (Wildman–Crippen LogP) is 4.23. The van der Waals surface area contributed by atoms with Crippen LogP contribution in [0.25, 0.3) is 11.4 Å². The average Bonchev–Trinajstić information content (AvgIpc) is 3.58. The van der Waals surface area contributed by atoms with Crippen molar-refractivity contribution in [2.45, 2.75) is 51.4 Å². The SMILES string of the molecule is CCOC(=O)c1[nH]c(C)c(C(=O)CSc2nnc(-c3ccc(OC)cc3)n2CC2CCCO2)c1C. The Balaban J connectivity index is 1.56. The number of nitrogens with zero attached hydrogens (tertiary/aromatic N) is 3. The van der Waals surface area contributed by atoms with Gasteiger partial charge in [-0.1, -0.05) is 11.8 Å². The molecular weight excluding hydrogens is 468 g/mol. The van der Waals surface area contributed by atoms with E-state index in [-0.39, 0.29) is 24.2 Å². The highest BCUT2D eigenvalue weighted by Gasteiger charge is 2.25. The second-order valence-corrected chi connectivity index (χ2v) is 9.28. The molecule has 186 valence electrons. The zero-order valence-corrected chi connectivity index (χ0v) is 21.2. The number of aromatic amines is 1. The molecular formula is C25H30N4O5S. The van der Waals surface area contributed by atoms with E-state index in [0.717, 1.165) is 36.6 Å². The number of H-pyrrole nitrogens is 1. The number of aromatic nitrogens is 4. The minimum absolute atomic E-state index is 0.0827. The van der Waals surface area contributed by atoms with Crippen LogP contribution < -0.4 is 4.74 Å². The Hall–Kier alpha value is -3.11. The largest absolute Gasteiger partial charge is 0.497 e. The van der Waals surface area contributed by atoms with Crippen LogP contribution in [0.2, 0.25) is 0 Å². The lowest BCUT2D eigenvalue weighted by atomic mass is 10.1. The molecule has 1 saturated heterocycles. The van der Waals surface area contributed by atoms with Gasteiger partial charge in [0, 0.05) is 23.4 Å². The monoisotopic (exact) mass is 498 g/mol. The Morgan fingerprint density at radius 1 is 1.23 bits per heavy atom. The number of rotatable bonds is 10. The van der Waals surface area contributed by atoms with Crippen LogP contribution in [0.5, 0.6) is 5.75 Å². The summed E-state index contributed by atoms with van der Waals surface area (Å²) >= 11 is 1.33. The maximum Gasteiger partial charge on any atom is 0.355 e. The molecule has 35 heavy (non-hydrogen) atoms. The third-order valence-corrected chi connectivity index (χ3v) is 6.97.